The lowest BCUT2D eigenvalue weighted by atomic mass is 9.98. The summed E-state index contributed by atoms with van der Waals surface area (Å²) in [5.74, 6) is 0.684. The van der Waals surface area contributed by atoms with Crippen molar-refractivity contribution in [2.75, 3.05) is 74.0 Å². The fourth-order valence-corrected chi connectivity index (χ4v) is 14.1. The predicted molar refractivity (Wildman–Crippen MR) is 373 cm³/mol. The van der Waals surface area contributed by atoms with Crippen LogP contribution in [-0.4, -0.2) is 157 Å². The largest absolute Gasteiger partial charge is 0.573 e. The van der Waals surface area contributed by atoms with E-state index in [-0.39, 0.29) is 53.8 Å². The average Bonchev–Trinajstić information content (AvgIpc) is 0.782. The Morgan fingerprint density at radius 2 is 0.942 bits per heavy atom. The third kappa shape index (κ3) is 18.5. The maximum atomic E-state index is 13.9. The monoisotopic (exact) mass is 1490 g/mol. The molecule has 6 N–H and O–H groups in total. The normalized spacial score (nSPS) is 21.5. The quantitative estimate of drug-likeness (QED) is 0.0250. The minimum absolute atomic E-state index is 0.0218. The molecule has 0 radical (unpaired) electrons. The SMILES string of the molecule is CCN(CC)CC.Cc1ccc(S(=O)(=O)Cl)cc1.N[C@@H]1COC[C@H](N2c3ccccc3Oc3cc(F)ccc32)[C@H]1O.O=S(=O)(N[C@@H]1COC[C@H](N2c3ccccc3Oc3cc(F)ccc32)[C@H]1O)c1ccc(OC(F)(F)F)cc1.[N-]=[N+]=N[C@@H]1COC[C@H](N2c3ccccc3Oc3cc(F)ccc32)[C@H]1O. The number of aryl methyl sites for hydroxylation is 1. The second-order valence-corrected chi connectivity index (χ2v) is 28.3. The molecular formula is C71H74ClF6N9O14S2. The minimum Gasteiger partial charge on any atom is -0.453 e. The lowest BCUT2D eigenvalue weighted by Gasteiger charge is -2.44. The van der Waals surface area contributed by atoms with E-state index in [1.165, 1.54) is 74.2 Å². The molecule has 14 rings (SSSR count). The number of hydrogen-bond acceptors (Lipinski definition) is 20. The Hall–Kier alpha value is -8.92. The van der Waals surface area contributed by atoms with Gasteiger partial charge in [-0.1, -0.05) is 80.0 Å². The number of hydrogen-bond donors (Lipinski definition) is 5. The summed E-state index contributed by atoms with van der Waals surface area (Å²) in [4.78, 5) is 10.5. The van der Waals surface area contributed by atoms with Crippen molar-refractivity contribution < 1.29 is 91.7 Å². The fraction of sp³-hybridized carbons (Fsp3) is 0.324. The fourth-order valence-electron chi connectivity index (χ4n) is 12.1. The lowest BCUT2D eigenvalue weighted by molar-refractivity contribution is -0.274. The van der Waals surface area contributed by atoms with Crippen molar-refractivity contribution >= 4 is 63.9 Å². The molecule has 32 heteroatoms. The number of rotatable bonds is 12. The Morgan fingerprint density at radius 1 is 0.553 bits per heavy atom. The molecule has 8 aromatic carbocycles. The van der Waals surface area contributed by atoms with Crippen molar-refractivity contribution in [3.63, 3.8) is 0 Å². The van der Waals surface area contributed by atoms with Gasteiger partial charge in [0, 0.05) is 33.8 Å². The molecule has 9 atom stereocenters. The standard InChI is InChI=1S/C24H20F4N2O6S.C17H15FN4O3.C17H17FN2O3.C7H7ClO2S.C6H15N/c25-14-5-10-19-22(11-14)35-21-4-2-1-3-18(21)30(19)20-13-34-12-17(23(20)31)29-37(32,33)16-8-6-15(7-9-16)36-24(26,27)28;18-10-5-6-13-16(7-10)25-15-4-2-1-3-12(15)22(13)14-9-24-8-11(17(14)23)20-21-19;18-10-5-6-13-16(7-10)23-15-4-2-1-3-12(15)20(13)14-9-22-8-11(19)17(14)21;1-6-2-4-7(5-3-6)11(8,9)10;1-4-7(5-2)6-3/h1-11,17,20,23,29,31H,12-13H2;1-7,11,14,17,23H,8-9H2;1-7,11,14,17,21H,8-9,19H2;2-5H,1H3;4-6H2,1-3H3/t17-,20+,23+;2*11-,14+,17+;;/m111../s1. The van der Waals surface area contributed by atoms with E-state index in [9.17, 15) is 58.5 Å². The van der Waals surface area contributed by atoms with E-state index in [1.54, 1.807) is 59.5 Å². The van der Waals surface area contributed by atoms with E-state index in [0.717, 1.165) is 41.2 Å². The summed E-state index contributed by atoms with van der Waals surface area (Å²) in [6.45, 7) is 12.9. The number of fused-ring (bicyclic) bond motifs is 6. The van der Waals surface area contributed by atoms with Gasteiger partial charge in [0.15, 0.2) is 34.5 Å². The van der Waals surface area contributed by atoms with Crippen LogP contribution in [0.2, 0.25) is 0 Å². The lowest BCUT2D eigenvalue weighted by Crippen LogP contribution is -2.60. The number of ether oxygens (including phenoxy) is 7. The van der Waals surface area contributed by atoms with Crippen molar-refractivity contribution in [2.24, 2.45) is 10.8 Å². The van der Waals surface area contributed by atoms with Crippen LogP contribution in [0, 0.1) is 24.4 Å². The Labute approximate surface area is 595 Å². The number of halogens is 7. The average molecular weight is 1490 g/mol. The topological polar surface area (TPSA) is 293 Å². The zero-order valence-corrected chi connectivity index (χ0v) is 58.2. The van der Waals surface area contributed by atoms with Crippen LogP contribution >= 0.6 is 10.7 Å². The van der Waals surface area contributed by atoms with Gasteiger partial charge in [-0.25, -0.2) is 34.7 Å². The first-order valence-electron chi connectivity index (χ1n) is 32.5. The Kier molecular flexibility index (Phi) is 25.1. The van der Waals surface area contributed by atoms with Crippen LogP contribution < -0.4 is 44.1 Å². The van der Waals surface area contributed by atoms with Gasteiger partial charge in [-0.3, -0.25) is 0 Å². The van der Waals surface area contributed by atoms with Crippen LogP contribution in [0.25, 0.3) is 10.4 Å². The summed E-state index contributed by atoms with van der Waals surface area (Å²) < 4.78 is 166. The van der Waals surface area contributed by atoms with Crippen LogP contribution in [-0.2, 0) is 33.3 Å². The number of aliphatic hydroxyl groups excluding tert-OH is 3. The smallest absolute Gasteiger partial charge is 0.453 e. The Morgan fingerprint density at radius 3 is 1.35 bits per heavy atom. The van der Waals surface area contributed by atoms with Gasteiger partial charge >= 0.3 is 6.36 Å². The molecule has 0 aromatic heterocycles. The van der Waals surface area contributed by atoms with Gasteiger partial charge in [0.2, 0.25) is 10.0 Å². The van der Waals surface area contributed by atoms with Gasteiger partial charge in [0.1, 0.15) is 23.2 Å². The van der Waals surface area contributed by atoms with E-state index in [1.807, 2.05) is 59.2 Å². The highest BCUT2D eigenvalue weighted by atomic mass is 35.7. The molecule has 103 heavy (non-hydrogen) atoms. The second-order valence-electron chi connectivity index (χ2n) is 24.0. The molecule has 8 aromatic rings. The first-order valence-corrected chi connectivity index (χ1v) is 36.3. The number of aliphatic hydroxyl groups is 3. The number of anilines is 6. The number of alkyl halides is 3. The first kappa shape index (κ1) is 76.7. The van der Waals surface area contributed by atoms with Crippen molar-refractivity contribution in [1.82, 2.24) is 9.62 Å². The molecule has 0 saturated carbocycles. The molecule has 6 aliphatic heterocycles. The van der Waals surface area contributed by atoms with E-state index < -0.39 is 91.3 Å². The summed E-state index contributed by atoms with van der Waals surface area (Å²) in [6.07, 6.45) is -7.90. The molecule has 0 amide bonds. The zero-order chi connectivity index (χ0) is 73.9. The van der Waals surface area contributed by atoms with Crippen LogP contribution in [0.5, 0.6) is 40.2 Å². The molecule has 0 spiro atoms. The number of nitrogens with two attached hydrogens (primary N) is 1. The first-order chi connectivity index (χ1) is 49.2. The zero-order valence-electron chi connectivity index (χ0n) is 55.8. The summed E-state index contributed by atoms with van der Waals surface area (Å²) in [7, 11) is -2.72. The number of nitrogens with one attached hydrogen (secondary N) is 1. The number of azide groups is 1. The minimum atomic E-state index is -4.92. The molecule has 0 unspecified atom stereocenters. The molecule has 0 bridgehead atoms. The molecule has 3 saturated heterocycles. The predicted octanol–water partition coefficient (Wildman–Crippen LogP) is 13.0. The van der Waals surface area contributed by atoms with Crippen molar-refractivity contribution in [1.29, 1.82) is 0 Å². The van der Waals surface area contributed by atoms with Gasteiger partial charge in [0.05, 0.1) is 138 Å². The van der Waals surface area contributed by atoms with Crippen molar-refractivity contribution in [3.8, 4) is 40.2 Å². The Balaban J connectivity index is 0.000000151. The molecule has 6 heterocycles. The molecule has 6 aliphatic rings. The van der Waals surface area contributed by atoms with Gasteiger partial charge in [-0.05, 0) is 141 Å². The van der Waals surface area contributed by atoms with E-state index in [0.29, 0.717) is 64.7 Å². The number of para-hydroxylation sites is 6. The third-order valence-electron chi connectivity index (χ3n) is 17.3. The molecule has 0 aliphatic carbocycles. The maximum Gasteiger partial charge on any atom is 0.573 e. The van der Waals surface area contributed by atoms with Crippen LogP contribution in [0.3, 0.4) is 0 Å². The van der Waals surface area contributed by atoms with E-state index >= 15 is 0 Å². The van der Waals surface area contributed by atoms with Crippen molar-refractivity contribution in [3.05, 3.63) is 209 Å². The van der Waals surface area contributed by atoms with E-state index in [2.05, 4.69) is 45.2 Å². The molecular weight excluding hydrogens is 1420 g/mol. The molecule has 3 fully saturated rings. The van der Waals surface area contributed by atoms with Crippen LogP contribution in [0.1, 0.15) is 26.3 Å². The summed E-state index contributed by atoms with van der Waals surface area (Å²) in [5.41, 5.74) is 19.5. The Bertz CT molecular complexity index is 4510. The van der Waals surface area contributed by atoms with Gasteiger partial charge in [-0.15, -0.1) is 13.2 Å². The molecule has 23 nitrogen and oxygen atoms in total. The van der Waals surface area contributed by atoms with Gasteiger partial charge in [0.25, 0.3) is 9.05 Å². The summed E-state index contributed by atoms with van der Waals surface area (Å²) in [5, 5.41) is 36.1. The van der Waals surface area contributed by atoms with E-state index in [4.69, 9.17) is 50.4 Å². The van der Waals surface area contributed by atoms with Crippen molar-refractivity contribution in [2.45, 2.75) is 98.4 Å². The molecule has 548 valence electrons. The highest BCUT2D eigenvalue weighted by Gasteiger charge is 2.44. The third-order valence-corrected chi connectivity index (χ3v) is 20.2. The number of benzene rings is 8. The highest BCUT2D eigenvalue weighted by Crippen LogP contribution is 2.52. The second kappa shape index (κ2) is 33.7. The maximum absolute atomic E-state index is 13.9. The van der Waals surface area contributed by atoms with Gasteiger partial charge in [-0.2, -0.15) is 0 Å². The highest BCUT2D eigenvalue weighted by molar-refractivity contribution is 8.13. The van der Waals surface area contributed by atoms with Crippen LogP contribution in [0.4, 0.5) is 60.5 Å². The summed E-state index contributed by atoms with van der Waals surface area (Å²) >= 11 is 0. The number of nitrogens with zero attached hydrogens (tertiary/aromatic N) is 7. The van der Waals surface area contributed by atoms with Gasteiger partial charge < -0.3 is 73.8 Å². The number of sulfonamides is 1. The summed E-state index contributed by atoms with van der Waals surface area (Å²) in [6, 6.07) is 40.3. The van der Waals surface area contributed by atoms with Crippen LogP contribution in [0.15, 0.2) is 191 Å².